The summed E-state index contributed by atoms with van der Waals surface area (Å²) in [6.45, 7) is 0. The van der Waals surface area contributed by atoms with E-state index in [1.54, 1.807) is 0 Å². The van der Waals surface area contributed by atoms with Gasteiger partial charge < -0.3 is 10.2 Å². The van der Waals surface area contributed by atoms with E-state index < -0.39 is 33.4 Å². The maximum atomic E-state index is 13.0. The van der Waals surface area contributed by atoms with Crippen LogP contribution in [0.15, 0.2) is 24.3 Å². The number of carbonyl (C=O) groups is 1. The Kier molecular flexibility index (Phi) is 4.19. The average Bonchev–Trinajstić information content (AvgIpc) is 2.25. The lowest BCUT2D eigenvalue weighted by atomic mass is 10.1. The van der Waals surface area contributed by atoms with Crippen LogP contribution in [-0.4, -0.2) is 35.2 Å². The van der Waals surface area contributed by atoms with Gasteiger partial charge in [0.2, 0.25) is 0 Å². The Balaban J connectivity index is 2.95. The van der Waals surface area contributed by atoms with Crippen LogP contribution in [0.5, 0.6) is 5.75 Å². The molecule has 1 aromatic rings. The number of phenols is 1. The minimum atomic E-state index is -5.74. The fraction of sp³-hybridized carbons (Fsp3) is 0.222. The summed E-state index contributed by atoms with van der Waals surface area (Å²) in [4.78, 5) is 10.7. The number of aromatic hydroxyl groups is 1. The van der Waals surface area contributed by atoms with Gasteiger partial charge in [0.05, 0.1) is 0 Å². The Bertz CT molecular complexity index is 530. The van der Waals surface area contributed by atoms with E-state index in [-0.39, 0.29) is 11.3 Å². The molecular weight excluding hydrogens is 272 g/mol. The first-order valence-electron chi connectivity index (χ1n) is 4.62. The SMILES string of the molecule is O=C(O)C(Cc1ccc(O)cc1)N(F)S(=O)(=O)F. The fourth-order valence-electron chi connectivity index (χ4n) is 1.25. The zero-order valence-electron chi connectivity index (χ0n) is 8.82. The first-order valence-corrected chi connectivity index (χ1v) is 5.96. The number of rotatable bonds is 5. The second-order valence-electron chi connectivity index (χ2n) is 3.41. The van der Waals surface area contributed by atoms with Gasteiger partial charge in [0.1, 0.15) is 5.75 Å². The van der Waals surface area contributed by atoms with Gasteiger partial charge in [0.25, 0.3) is 0 Å². The molecule has 6 nitrogen and oxygen atoms in total. The zero-order chi connectivity index (χ0) is 13.9. The minimum Gasteiger partial charge on any atom is -0.508 e. The van der Waals surface area contributed by atoms with Crippen molar-refractivity contribution in [2.75, 3.05) is 0 Å². The first-order chi connectivity index (χ1) is 8.21. The molecule has 0 bridgehead atoms. The van der Waals surface area contributed by atoms with Crippen LogP contribution < -0.4 is 0 Å². The zero-order valence-corrected chi connectivity index (χ0v) is 9.64. The highest BCUT2D eigenvalue weighted by Crippen LogP contribution is 2.17. The fourth-order valence-corrected chi connectivity index (χ4v) is 1.72. The number of benzene rings is 1. The summed E-state index contributed by atoms with van der Waals surface area (Å²) in [5, 5.41) is 17.6. The van der Waals surface area contributed by atoms with Crippen LogP contribution in [0.1, 0.15) is 5.56 Å². The van der Waals surface area contributed by atoms with Crippen LogP contribution >= 0.6 is 0 Å². The third-order valence-corrected chi connectivity index (χ3v) is 2.77. The number of carboxylic acid groups (broad SMARTS) is 1. The Morgan fingerprint density at radius 1 is 1.33 bits per heavy atom. The van der Waals surface area contributed by atoms with E-state index in [9.17, 15) is 21.6 Å². The number of halogens is 2. The van der Waals surface area contributed by atoms with Crippen LogP contribution in [-0.2, 0) is 21.6 Å². The molecule has 0 aliphatic heterocycles. The molecule has 0 aromatic heterocycles. The predicted octanol–water partition coefficient (Wildman–Crippen LogP) is 0.789. The molecule has 0 heterocycles. The van der Waals surface area contributed by atoms with Crippen LogP contribution in [0, 0.1) is 0 Å². The highest BCUT2D eigenvalue weighted by molar-refractivity contribution is 7.83. The van der Waals surface area contributed by atoms with Gasteiger partial charge in [0.15, 0.2) is 6.04 Å². The van der Waals surface area contributed by atoms with E-state index in [4.69, 9.17) is 10.2 Å². The van der Waals surface area contributed by atoms with Crippen molar-refractivity contribution >= 4 is 16.4 Å². The number of aliphatic carboxylic acids is 1. The molecule has 0 fully saturated rings. The lowest BCUT2D eigenvalue weighted by molar-refractivity contribution is -0.145. The van der Waals surface area contributed by atoms with Crippen molar-refractivity contribution in [1.29, 1.82) is 0 Å². The van der Waals surface area contributed by atoms with Gasteiger partial charge in [-0.1, -0.05) is 16.0 Å². The maximum absolute atomic E-state index is 13.0. The monoisotopic (exact) mass is 281 g/mol. The van der Waals surface area contributed by atoms with Crippen molar-refractivity contribution in [3.63, 3.8) is 0 Å². The van der Waals surface area contributed by atoms with Crippen molar-refractivity contribution in [1.82, 2.24) is 4.53 Å². The minimum absolute atomic E-state index is 0.0964. The quantitative estimate of drug-likeness (QED) is 0.614. The second kappa shape index (κ2) is 5.27. The molecule has 2 N–H and O–H groups in total. The van der Waals surface area contributed by atoms with Gasteiger partial charge in [-0.2, -0.15) is 8.42 Å². The van der Waals surface area contributed by atoms with E-state index in [1.165, 1.54) is 24.3 Å². The third kappa shape index (κ3) is 3.64. The molecule has 18 heavy (non-hydrogen) atoms. The molecule has 1 rings (SSSR count). The smallest absolute Gasteiger partial charge is 0.402 e. The molecular formula is C9H9F2NO5S. The topological polar surface area (TPSA) is 94.9 Å². The lowest BCUT2D eigenvalue weighted by Crippen LogP contribution is -2.39. The van der Waals surface area contributed by atoms with Crippen molar-refractivity contribution in [3.8, 4) is 5.75 Å². The summed E-state index contributed by atoms with van der Waals surface area (Å²) in [5.74, 6) is -1.92. The highest BCUT2D eigenvalue weighted by atomic mass is 32.3. The lowest BCUT2D eigenvalue weighted by Gasteiger charge is -2.15. The normalized spacial score (nSPS) is 13.5. The largest absolute Gasteiger partial charge is 0.508 e. The Morgan fingerprint density at radius 2 is 1.83 bits per heavy atom. The van der Waals surface area contributed by atoms with Gasteiger partial charge in [-0.05, 0) is 17.7 Å². The first kappa shape index (κ1) is 14.3. The van der Waals surface area contributed by atoms with Crippen molar-refractivity contribution in [3.05, 3.63) is 29.8 Å². The van der Waals surface area contributed by atoms with Crippen LogP contribution in [0.4, 0.5) is 8.37 Å². The van der Waals surface area contributed by atoms with E-state index >= 15 is 0 Å². The summed E-state index contributed by atoms with van der Waals surface area (Å²) >= 11 is 0. The maximum Gasteiger partial charge on any atom is 0.402 e. The summed E-state index contributed by atoms with van der Waals surface area (Å²) in [5.41, 5.74) is 0.228. The summed E-state index contributed by atoms with van der Waals surface area (Å²) in [6, 6.07) is 2.75. The molecule has 1 aromatic carbocycles. The van der Waals surface area contributed by atoms with Crippen LogP contribution in [0.3, 0.4) is 0 Å². The predicted molar refractivity (Wildman–Crippen MR) is 56.2 cm³/mol. The van der Waals surface area contributed by atoms with E-state index in [2.05, 4.69) is 0 Å². The van der Waals surface area contributed by atoms with Crippen molar-refractivity contribution < 1.29 is 31.8 Å². The summed E-state index contributed by atoms with van der Waals surface area (Å²) < 4.78 is 44.7. The van der Waals surface area contributed by atoms with Gasteiger partial charge >= 0.3 is 16.4 Å². The van der Waals surface area contributed by atoms with Crippen molar-refractivity contribution in [2.24, 2.45) is 0 Å². The molecule has 1 unspecified atom stereocenters. The Hall–Kier alpha value is -1.74. The van der Waals surface area contributed by atoms with Crippen LogP contribution in [0.2, 0.25) is 0 Å². The molecule has 100 valence electrons. The molecule has 0 radical (unpaired) electrons. The Labute approximate surface area is 101 Å². The molecule has 0 saturated heterocycles. The Morgan fingerprint density at radius 3 is 2.22 bits per heavy atom. The van der Waals surface area contributed by atoms with Gasteiger partial charge in [-0.25, -0.2) is 0 Å². The molecule has 1 atom stereocenters. The summed E-state index contributed by atoms with van der Waals surface area (Å²) in [6.07, 6.45) is -0.574. The number of hydrogen-bond acceptors (Lipinski definition) is 4. The number of carboxylic acids is 1. The molecule has 0 saturated carbocycles. The molecule has 9 heteroatoms. The third-order valence-electron chi connectivity index (χ3n) is 2.10. The number of hydrogen-bond donors (Lipinski definition) is 2. The highest BCUT2D eigenvalue weighted by Gasteiger charge is 2.35. The van der Waals surface area contributed by atoms with Gasteiger partial charge in [-0.3, -0.25) is 4.79 Å². The van der Waals surface area contributed by atoms with Crippen molar-refractivity contribution in [2.45, 2.75) is 12.5 Å². The van der Waals surface area contributed by atoms with Crippen LogP contribution in [0.25, 0.3) is 0 Å². The molecule has 0 aliphatic rings. The van der Waals surface area contributed by atoms with E-state index in [1.807, 2.05) is 0 Å². The molecule has 0 aliphatic carbocycles. The average molecular weight is 281 g/mol. The summed E-state index contributed by atoms with van der Waals surface area (Å²) in [7, 11) is -5.74. The molecule has 0 amide bonds. The molecule has 0 spiro atoms. The second-order valence-corrected chi connectivity index (χ2v) is 4.58. The number of nitrogens with zero attached hydrogens (tertiary/aromatic N) is 1. The van der Waals surface area contributed by atoms with Gasteiger partial charge in [0, 0.05) is 10.9 Å². The van der Waals surface area contributed by atoms with Gasteiger partial charge in [-0.15, -0.1) is 4.48 Å². The van der Waals surface area contributed by atoms with E-state index in [0.29, 0.717) is 0 Å². The number of phenolic OH excluding ortho intramolecular Hbond substituents is 1. The van der Waals surface area contributed by atoms with E-state index in [0.717, 1.165) is 0 Å². The standard InChI is InChI=1S/C9H9F2NO5S/c10-12(18(11,16)17)8(9(14)15)5-6-1-3-7(13)4-2-6/h1-4,8,13H,5H2,(H,14,15).